The van der Waals surface area contributed by atoms with Gasteiger partial charge in [-0.2, -0.15) is 0 Å². The summed E-state index contributed by atoms with van der Waals surface area (Å²) in [6, 6.07) is 8.26. The van der Waals surface area contributed by atoms with Crippen molar-refractivity contribution in [3.8, 4) is 16.9 Å². The van der Waals surface area contributed by atoms with Crippen LogP contribution in [0.1, 0.15) is 94.9 Å². The SMILES string of the molecule is CC(C)=CCCC(C)=CCCC(C)=CCCC1CCc2cc(-c3ccc(C)cc3N(C)C(=O)O)c(C)c(C)c2O1. The molecule has 1 aliphatic rings. The molecule has 0 aliphatic carbocycles. The third-order valence-electron chi connectivity index (χ3n) is 8.13. The summed E-state index contributed by atoms with van der Waals surface area (Å²) in [5.74, 6) is 1.02. The Bertz CT molecular complexity index is 1290. The van der Waals surface area contributed by atoms with Crippen LogP contribution in [0.4, 0.5) is 10.5 Å². The summed E-state index contributed by atoms with van der Waals surface area (Å²) in [6.45, 7) is 15.1. The van der Waals surface area contributed by atoms with Crippen molar-refractivity contribution in [1.82, 2.24) is 0 Å². The monoisotopic (exact) mass is 543 g/mol. The van der Waals surface area contributed by atoms with E-state index in [1.165, 1.54) is 27.2 Å². The molecule has 0 radical (unpaired) electrons. The number of rotatable bonds is 11. The highest BCUT2D eigenvalue weighted by atomic mass is 16.5. The van der Waals surface area contributed by atoms with Gasteiger partial charge in [0, 0.05) is 12.6 Å². The van der Waals surface area contributed by atoms with E-state index in [4.69, 9.17) is 4.74 Å². The summed E-state index contributed by atoms with van der Waals surface area (Å²) in [6.07, 6.45) is 14.9. The van der Waals surface area contributed by atoms with Crippen molar-refractivity contribution in [2.75, 3.05) is 11.9 Å². The van der Waals surface area contributed by atoms with Gasteiger partial charge in [0.15, 0.2) is 0 Å². The number of allylic oxidation sites excluding steroid dienone is 6. The number of ether oxygens (including phenoxy) is 1. The van der Waals surface area contributed by atoms with Gasteiger partial charge in [0.1, 0.15) is 5.75 Å². The Balaban J connectivity index is 1.64. The van der Waals surface area contributed by atoms with Crippen LogP contribution in [0, 0.1) is 20.8 Å². The van der Waals surface area contributed by atoms with Gasteiger partial charge in [-0.1, -0.05) is 47.1 Å². The van der Waals surface area contributed by atoms with E-state index in [-0.39, 0.29) is 6.10 Å². The first kappa shape index (κ1) is 31.3. The van der Waals surface area contributed by atoms with Crippen molar-refractivity contribution in [2.45, 2.75) is 106 Å². The normalized spacial score (nSPS) is 15.3. The lowest BCUT2D eigenvalue weighted by atomic mass is 9.88. The van der Waals surface area contributed by atoms with Gasteiger partial charge < -0.3 is 9.84 Å². The Morgan fingerprint density at radius 1 is 0.925 bits per heavy atom. The number of fused-ring (bicyclic) bond motifs is 1. The van der Waals surface area contributed by atoms with Gasteiger partial charge in [0.2, 0.25) is 0 Å². The molecule has 1 aliphatic heterocycles. The molecule has 40 heavy (non-hydrogen) atoms. The van der Waals surface area contributed by atoms with Crippen LogP contribution >= 0.6 is 0 Å². The molecular weight excluding hydrogens is 494 g/mol. The first-order valence-corrected chi connectivity index (χ1v) is 14.8. The number of aryl methyl sites for hydroxylation is 2. The Labute approximate surface area is 242 Å². The van der Waals surface area contributed by atoms with Gasteiger partial charge in [0.25, 0.3) is 0 Å². The van der Waals surface area contributed by atoms with Crippen LogP contribution in [0.2, 0.25) is 0 Å². The Morgan fingerprint density at radius 3 is 2.23 bits per heavy atom. The number of carboxylic acid groups (broad SMARTS) is 1. The summed E-state index contributed by atoms with van der Waals surface area (Å²) in [5.41, 5.74) is 11.6. The minimum absolute atomic E-state index is 0.228. The molecule has 4 heteroatoms. The fourth-order valence-corrected chi connectivity index (χ4v) is 5.44. The molecule has 1 unspecified atom stereocenters. The minimum atomic E-state index is -0.962. The predicted octanol–water partition coefficient (Wildman–Crippen LogP) is 10.3. The van der Waals surface area contributed by atoms with E-state index >= 15 is 0 Å². The molecule has 1 amide bonds. The Kier molecular flexibility index (Phi) is 11.2. The van der Waals surface area contributed by atoms with Gasteiger partial charge >= 0.3 is 6.09 Å². The van der Waals surface area contributed by atoms with Crippen LogP contribution < -0.4 is 9.64 Å². The standard InChI is InChI=1S/C36H49NO3/c1-24(2)12-9-13-25(3)14-10-15-26(4)16-11-17-31-20-19-30-23-33(28(6)29(7)35(30)40-31)32-21-18-27(5)22-34(32)37(8)36(38)39/h12,14,16,18,21-23,31H,9-11,13,15,17,19-20H2,1-8H3,(H,38,39). The minimum Gasteiger partial charge on any atom is -0.490 e. The van der Waals surface area contributed by atoms with Crippen molar-refractivity contribution in [1.29, 1.82) is 0 Å². The molecule has 2 aromatic carbocycles. The fraction of sp³-hybridized carbons (Fsp3) is 0.472. The zero-order valence-corrected chi connectivity index (χ0v) is 26.0. The maximum absolute atomic E-state index is 11.8. The maximum atomic E-state index is 11.8. The van der Waals surface area contributed by atoms with Gasteiger partial charge in [-0.25, -0.2) is 4.79 Å². The molecule has 0 spiro atoms. The van der Waals surface area contributed by atoms with Crippen molar-refractivity contribution in [3.05, 3.63) is 81.5 Å². The lowest BCUT2D eigenvalue weighted by Crippen LogP contribution is -2.25. The molecule has 1 N–H and O–H groups in total. The molecule has 1 heterocycles. The van der Waals surface area contributed by atoms with Crippen LogP contribution in [0.5, 0.6) is 5.75 Å². The smallest absolute Gasteiger partial charge is 0.411 e. The Morgan fingerprint density at radius 2 is 1.57 bits per heavy atom. The zero-order chi connectivity index (χ0) is 29.4. The summed E-state index contributed by atoms with van der Waals surface area (Å²) in [5, 5.41) is 9.65. The van der Waals surface area contributed by atoms with Gasteiger partial charge in [-0.05, 0) is 140 Å². The van der Waals surface area contributed by atoms with Gasteiger partial charge in [0.05, 0.1) is 11.8 Å². The van der Waals surface area contributed by atoms with Crippen molar-refractivity contribution in [2.24, 2.45) is 0 Å². The highest BCUT2D eigenvalue weighted by molar-refractivity contribution is 5.93. The number of nitrogens with zero attached hydrogens (tertiary/aromatic N) is 1. The number of hydrogen-bond acceptors (Lipinski definition) is 2. The predicted molar refractivity (Wildman–Crippen MR) is 170 cm³/mol. The van der Waals surface area contributed by atoms with Crippen molar-refractivity contribution >= 4 is 11.8 Å². The van der Waals surface area contributed by atoms with E-state index < -0.39 is 6.09 Å². The van der Waals surface area contributed by atoms with Crippen LogP contribution in [0.3, 0.4) is 0 Å². The number of hydrogen-bond donors (Lipinski definition) is 1. The average molecular weight is 544 g/mol. The third-order valence-corrected chi connectivity index (χ3v) is 8.13. The van der Waals surface area contributed by atoms with Crippen LogP contribution in [-0.2, 0) is 6.42 Å². The number of benzene rings is 2. The van der Waals surface area contributed by atoms with Crippen molar-refractivity contribution in [3.63, 3.8) is 0 Å². The molecule has 2 aromatic rings. The van der Waals surface area contributed by atoms with Crippen LogP contribution in [0.15, 0.2) is 59.2 Å². The van der Waals surface area contributed by atoms with Gasteiger partial charge in [-0.15, -0.1) is 0 Å². The highest BCUT2D eigenvalue weighted by Crippen LogP contribution is 2.42. The van der Waals surface area contributed by atoms with E-state index in [0.29, 0.717) is 5.69 Å². The summed E-state index contributed by atoms with van der Waals surface area (Å²) >= 11 is 0. The summed E-state index contributed by atoms with van der Waals surface area (Å²) in [4.78, 5) is 13.1. The number of amides is 1. The molecule has 4 nitrogen and oxygen atoms in total. The Hall–Kier alpha value is -3.27. The van der Waals surface area contributed by atoms with Crippen molar-refractivity contribution < 1.29 is 14.6 Å². The van der Waals surface area contributed by atoms with Crippen LogP contribution in [-0.4, -0.2) is 24.4 Å². The van der Waals surface area contributed by atoms with E-state index in [2.05, 4.69) is 65.8 Å². The van der Waals surface area contributed by atoms with Crippen LogP contribution in [0.25, 0.3) is 11.1 Å². The molecule has 0 aromatic heterocycles. The first-order chi connectivity index (χ1) is 19.0. The summed E-state index contributed by atoms with van der Waals surface area (Å²) in [7, 11) is 1.61. The van der Waals surface area contributed by atoms with E-state index in [9.17, 15) is 9.90 Å². The molecule has 3 rings (SSSR count). The molecule has 0 fully saturated rings. The first-order valence-electron chi connectivity index (χ1n) is 14.8. The molecule has 1 atom stereocenters. The molecule has 0 saturated heterocycles. The second-order valence-corrected chi connectivity index (χ2v) is 11.8. The second kappa shape index (κ2) is 14.4. The van der Waals surface area contributed by atoms with Gasteiger partial charge in [-0.3, -0.25) is 4.90 Å². The summed E-state index contributed by atoms with van der Waals surface area (Å²) < 4.78 is 6.57. The fourth-order valence-electron chi connectivity index (χ4n) is 5.44. The average Bonchev–Trinajstić information content (AvgIpc) is 2.90. The maximum Gasteiger partial charge on any atom is 0.411 e. The zero-order valence-electron chi connectivity index (χ0n) is 26.0. The number of carbonyl (C=O) groups is 1. The second-order valence-electron chi connectivity index (χ2n) is 11.8. The number of anilines is 1. The lowest BCUT2D eigenvalue weighted by molar-refractivity contribution is 0.163. The van der Waals surface area contributed by atoms with E-state index in [1.807, 2.05) is 25.1 Å². The molecule has 0 saturated carbocycles. The van der Waals surface area contributed by atoms with E-state index in [0.717, 1.165) is 84.9 Å². The largest absolute Gasteiger partial charge is 0.490 e. The lowest BCUT2D eigenvalue weighted by Gasteiger charge is -2.30. The topological polar surface area (TPSA) is 49.8 Å². The highest BCUT2D eigenvalue weighted by Gasteiger charge is 2.25. The van der Waals surface area contributed by atoms with E-state index in [1.54, 1.807) is 7.05 Å². The molecular formula is C36H49NO3. The molecule has 216 valence electrons. The quantitative estimate of drug-likeness (QED) is 0.287. The molecule has 0 bridgehead atoms. The third kappa shape index (κ3) is 8.36.